The van der Waals surface area contributed by atoms with Crippen LogP contribution in [0.3, 0.4) is 0 Å². The maximum absolute atomic E-state index is 12.1. The average Bonchev–Trinajstić information content (AvgIpc) is 2.88. The predicted molar refractivity (Wildman–Crippen MR) is 81.1 cm³/mol. The van der Waals surface area contributed by atoms with Gasteiger partial charge in [-0.05, 0) is 31.0 Å². The van der Waals surface area contributed by atoms with Gasteiger partial charge in [0.05, 0.1) is 23.2 Å². The van der Waals surface area contributed by atoms with E-state index in [9.17, 15) is 9.59 Å². The highest BCUT2D eigenvalue weighted by molar-refractivity contribution is 6.00. The van der Waals surface area contributed by atoms with Crippen LogP contribution >= 0.6 is 0 Å². The van der Waals surface area contributed by atoms with E-state index in [0.717, 1.165) is 25.1 Å². The molecular formula is C15H20N4O2. The van der Waals surface area contributed by atoms with Crippen LogP contribution in [-0.2, 0) is 4.79 Å². The number of hydrogen-bond acceptors (Lipinski definition) is 4. The van der Waals surface area contributed by atoms with Crippen LogP contribution in [-0.4, -0.2) is 38.0 Å². The molecule has 21 heavy (non-hydrogen) atoms. The van der Waals surface area contributed by atoms with Crippen molar-refractivity contribution in [2.24, 2.45) is 5.92 Å². The molecular weight excluding hydrogens is 268 g/mol. The van der Waals surface area contributed by atoms with Crippen molar-refractivity contribution in [1.29, 1.82) is 0 Å². The van der Waals surface area contributed by atoms with E-state index in [-0.39, 0.29) is 23.8 Å². The van der Waals surface area contributed by atoms with Crippen molar-refractivity contribution in [2.45, 2.75) is 18.9 Å². The molecule has 1 aromatic carbocycles. The molecule has 0 bridgehead atoms. The van der Waals surface area contributed by atoms with E-state index in [0.29, 0.717) is 17.8 Å². The third kappa shape index (κ3) is 2.30. The van der Waals surface area contributed by atoms with Gasteiger partial charge in [0.15, 0.2) is 0 Å². The zero-order valence-corrected chi connectivity index (χ0v) is 12.1. The van der Waals surface area contributed by atoms with Crippen molar-refractivity contribution in [2.75, 3.05) is 30.8 Å². The summed E-state index contributed by atoms with van der Waals surface area (Å²) >= 11 is 0. The quantitative estimate of drug-likeness (QED) is 0.685. The molecule has 3 rings (SSSR count). The molecule has 1 aromatic rings. The predicted octanol–water partition coefficient (Wildman–Crippen LogP) is 0.343. The van der Waals surface area contributed by atoms with Gasteiger partial charge in [-0.2, -0.15) is 0 Å². The van der Waals surface area contributed by atoms with Crippen molar-refractivity contribution in [3.05, 3.63) is 23.8 Å². The van der Waals surface area contributed by atoms with Crippen LogP contribution in [0, 0.1) is 5.92 Å². The van der Waals surface area contributed by atoms with Gasteiger partial charge in [-0.25, -0.2) is 0 Å². The van der Waals surface area contributed by atoms with Gasteiger partial charge in [-0.3, -0.25) is 9.59 Å². The van der Waals surface area contributed by atoms with Crippen molar-refractivity contribution >= 4 is 23.2 Å². The molecule has 2 amide bonds. The Balaban J connectivity index is 2.00. The zero-order chi connectivity index (χ0) is 15.0. The van der Waals surface area contributed by atoms with Gasteiger partial charge in [0.25, 0.3) is 5.91 Å². The van der Waals surface area contributed by atoms with Crippen LogP contribution in [0.2, 0.25) is 0 Å². The molecule has 2 heterocycles. The van der Waals surface area contributed by atoms with E-state index < -0.39 is 0 Å². The Hall–Kier alpha value is -2.24. The van der Waals surface area contributed by atoms with Crippen molar-refractivity contribution in [1.82, 2.24) is 10.6 Å². The lowest BCUT2D eigenvalue weighted by atomic mass is 9.90. The lowest BCUT2D eigenvalue weighted by Crippen LogP contribution is -2.46. The van der Waals surface area contributed by atoms with E-state index in [1.54, 1.807) is 19.2 Å². The van der Waals surface area contributed by atoms with Crippen LogP contribution in [0.25, 0.3) is 0 Å². The largest absolute Gasteiger partial charge is 0.399 e. The molecule has 112 valence electrons. The molecule has 2 unspecified atom stereocenters. The fourth-order valence-corrected chi connectivity index (χ4v) is 3.36. The SMILES string of the molecule is CNC(=O)c1ccc(N)cc1N1CCCC2C(=O)NCC21. The summed E-state index contributed by atoms with van der Waals surface area (Å²) in [4.78, 5) is 26.1. The number of carbonyl (C=O) groups excluding carboxylic acids is 2. The van der Waals surface area contributed by atoms with E-state index in [1.165, 1.54) is 0 Å². The lowest BCUT2D eigenvalue weighted by Gasteiger charge is -2.38. The summed E-state index contributed by atoms with van der Waals surface area (Å²) in [7, 11) is 1.61. The maximum atomic E-state index is 12.1. The molecule has 0 aliphatic carbocycles. The van der Waals surface area contributed by atoms with E-state index in [4.69, 9.17) is 5.73 Å². The molecule has 2 fully saturated rings. The van der Waals surface area contributed by atoms with Gasteiger partial charge in [0.1, 0.15) is 0 Å². The highest BCUT2D eigenvalue weighted by Crippen LogP contribution is 2.34. The summed E-state index contributed by atoms with van der Waals surface area (Å²) in [5.74, 6) is -0.00257. The third-order valence-corrected chi connectivity index (χ3v) is 4.40. The van der Waals surface area contributed by atoms with Crippen LogP contribution in [0.5, 0.6) is 0 Å². The minimum absolute atomic E-state index is 0.0118. The number of rotatable bonds is 2. The Kier molecular flexibility index (Phi) is 3.45. The standard InChI is InChI=1S/C15H20N4O2/c1-17-14(20)11-5-4-9(16)7-12(11)19-6-2-3-10-13(19)8-18-15(10)21/h4-5,7,10,13H,2-3,6,8,16H2,1H3,(H,17,20)(H,18,21). The molecule has 4 N–H and O–H groups in total. The van der Waals surface area contributed by atoms with Gasteiger partial charge < -0.3 is 21.3 Å². The van der Waals surface area contributed by atoms with Crippen molar-refractivity contribution in [3.63, 3.8) is 0 Å². The molecule has 2 atom stereocenters. The first-order valence-electron chi connectivity index (χ1n) is 7.28. The van der Waals surface area contributed by atoms with Gasteiger partial charge in [0, 0.05) is 25.8 Å². The molecule has 0 saturated carbocycles. The highest BCUT2D eigenvalue weighted by Gasteiger charge is 2.41. The van der Waals surface area contributed by atoms with Crippen LogP contribution in [0.1, 0.15) is 23.2 Å². The molecule has 6 nitrogen and oxygen atoms in total. The Morgan fingerprint density at radius 2 is 2.29 bits per heavy atom. The maximum Gasteiger partial charge on any atom is 0.253 e. The summed E-state index contributed by atoms with van der Waals surface area (Å²) < 4.78 is 0. The summed E-state index contributed by atoms with van der Waals surface area (Å²) in [6.07, 6.45) is 1.85. The van der Waals surface area contributed by atoms with Crippen LogP contribution < -0.4 is 21.3 Å². The summed E-state index contributed by atoms with van der Waals surface area (Å²) in [6.45, 7) is 1.47. The molecule has 2 aliphatic heterocycles. The second kappa shape index (κ2) is 5.27. The van der Waals surface area contributed by atoms with Crippen LogP contribution in [0.4, 0.5) is 11.4 Å². The first-order chi connectivity index (χ1) is 10.1. The number of amides is 2. The number of nitrogens with one attached hydrogen (secondary N) is 2. The number of piperidine rings is 1. The number of carbonyl (C=O) groups is 2. The zero-order valence-electron chi connectivity index (χ0n) is 12.1. The Morgan fingerprint density at radius 1 is 1.48 bits per heavy atom. The number of anilines is 2. The molecule has 6 heteroatoms. The van der Waals surface area contributed by atoms with Crippen molar-refractivity contribution in [3.8, 4) is 0 Å². The fourth-order valence-electron chi connectivity index (χ4n) is 3.36. The van der Waals surface area contributed by atoms with Gasteiger partial charge in [-0.15, -0.1) is 0 Å². The van der Waals surface area contributed by atoms with Crippen molar-refractivity contribution < 1.29 is 9.59 Å². The molecule has 0 aromatic heterocycles. The number of hydrogen-bond donors (Lipinski definition) is 3. The summed E-state index contributed by atoms with van der Waals surface area (Å²) in [5, 5.41) is 5.59. The Labute approximate surface area is 123 Å². The van der Waals surface area contributed by atoms with Gasteiger partial charge in [-0.1, -0.05) is 0 Å². The third-order valence-electron chi connectivity index (χ3n) is 4.40. The fraction of sp³-hybridized carbons (Fsp3) is 0.467. The first kappa shape index (κ1) is 13.7. The van der Waals surface area contributed by atoms with Gasteiger partial charge in [0.2, 0.25) is 5.91 Å². The number of nitrogens with two attached hydrogens (primary N) is 1. The Bertz CT molecular complexity index is 587. The normalized spacial score (nSPS) is 24.4. The number of benzene rings is 1. The van der Waals surface area contributed by atoms with Gasteiger partial charge >= 0.3 is 0 Å². The highest BCUT2D eigenvalue weighted by atomic mass is 16.2. The number of nitrogen functional groups attached to an aromatic ring is 1. The smallest absolute Gasteiger partial charge is 0.253 e. The molecule has 0 radical (unpaired) electrons. The lowest BCUT2D eigenvalue weighted by molar-refractivity contribution is -0.122. The number of fused-ring (bicyclic) bond motifs is 1. The molecule has 0 spiro atoms. The van der Waals surface area contributed by atoms with E-state index in [2.05, 4.69) is 15.5 Å². The average molecular weight is 288 g/mol. The summed E-state index contributed by atoms with van der Waals surface area (Å²) in [5.41, 5.74) is 7.94. The minimum atomic E-state index is -0.135. The molecule has 2 saturated heterocycles. The van der Waals surface area contributed by atoms with E-state index >= 15 is 0 Å². The van der Waals surface area contributed by atoms with Crippen LogP contribution in [0.15, 0.2) is 18.2 Å². The second-order valence-corrected chi connectivity index (χ2v) is 5.61. The number of nitrogens with zero attached hydrogens (tertiary/aromatic N) is 1. The monoisotopic (exact) mass is 288 g/mol. The Morgan fingerprint density at radius 3 is 3.05 bits per heavy atom. The first-order valence-corrected chi connectivity index (χ1v) is 7.28. The summed E-state index contributed by atoms with van der Waals surface area (Å²) in [6, 6.07) is 5.41. The molecule has 2 aliphatic rings. The topological polar surface area (TPSA) is 87.5 Å². The second-order valence-electron chi connectivity index (χ2n) is 5.61. The van der Waals surface area contributed by atoms with E-state index in [1.807, 2.05) is 6.07 Å². The minimum Gasteiger partial charge on any atom is -0.399 e.